The smallest absolute Gasteiger partial charge is 0.118 e. The minimum atomic E-state index is 0.326. The van der Waals surface area contributed by atoms with Crippen LogP contribution in [0, 0.1) is 0 Å². The SMILES string of the molecule is COc1ccc(CCNC(C)c2cnn(C)c2)cc1. The molecule has 0 saturated heterocycles. The normalized spacial score (nSPS) is 12.4. The average Bonchev–Trinajstić information content (AvgIpc) is 2.86. The number of rotatable bonds is 6. The zero-order valence-electron chi connectivity index (χ0n) is 11.8. The van der Waals surface area contributed by atoms with Crippen molar-refractivity contribution < 1.29 is 4.74 Å². The minimum absolute atomic E-state index is 0.326. The van der Waals surface area contributed by atoms with Crippen LogP contribution in [0.4, 0.5) is 0 Å². The van der Waals surface area contributed by atoms with Gasteiger partial charge in [0.25, 0.3) is 0 Å². The van der Waals surface area contributed by atoms with E-state index in [1.165, 1.54) is 11.1 Å². The average molecular weight is 259 g/mol. The fourth-order valence-electron chi connectivity index (χ4n) is 2.01. The standard InChI is InChI=1S/C15H21N3O/c1-12(14-10-17-18(2)11-14)16-9-8-13-4-6-15(19-3)7-5-13/h4-7,10-12,16H,8-9H2,1-3H3. The minimum Gasteiger partial charge on any atom is -0.497 e. The highest BCUT2D eigenvalue weighted by Crippen LogP contribution is 2.13. The maximum atomic E-state index is 5.15. The lowest BCUT2D eigenvalue weighted by molar-refractivity contribution is 0.414. The van der Waals surface area contributed by atoms with Gasteiger partial charge in [-0.25, -0.2) is 0 Å². The zero-order chi connectivity index (χ0) is 13.7. The summed E-state index contributed by atoms with van der Waals surface area (Å²) in [5.74, 6) is 0.903. The molecule has 2 aromatic rings. The van der Waals surface area contributed by atoms with E-state index < -0.39 is 0 Å². The first-order valence-electron chi connectivity index (χ1n) is 6.54. The first-order chi connectivity index (χ1) is 9.19. The highest BCUT2D eigenvalue weighted by atomic mass is 16.5. The van der Waals surface area contributed by atoms with Gasteiger partial charge in [-0.1, -0.05) is 12.1 Å². The van der Waals surface area contributed by atoms with Gasteiger partial charge in [-0.2, -0.15) is 5.10 Å². The first kappa shape index (κ1) is 13.6. The number of aryl methyl sites for hydroxylation is 1. The summed E-state index contributed by atoms with van der Waals surface area (Å²) in [6, 6.07) is 8.54. The second kappa shape index (κ2) is 6.38. The van der Waals surface area contributed by atoms with Crippen LogP contribution in [0.5, 0.6) is 5.75 Å². The summed E-state index contributed by atoms with van der Waals surface area (Å²) in [5, 5.41) is 7.69. The maximum absolute atomic E-state index is 5.15. The van der Waals surface area contributed by atoms with Gasteiger partial charge < -0.3 is 10.1 Å². The molecule has 0 aliphatic carbocycles. The fraction of sp³-hybridized carbons (Fsp3) is 0.400. The Kier molecular flexibility index (Phi) is 4.58. The molecule has 1 heterocycles. The van der Waals surface area contributed by atoms with Gasteiger partial charge in [-0.05, 0) is 37.6 Å². The predicted octanol–water partition coefficient (Wildman–Crippen LogP) is 2.32. The van der Waals surface area contributed by atoms with Crippen LogP contribution >= 0.6 is 0 Å². The second-order valence-electron chi connectivity index (χ2n) is 4.72. The lowest BCUT2D eigenvalue weighted by Gasteiger charge is -2.12. The van der Waals surface area contributed by atoms with Crippen molar-refractivity contribution >= 4 is 0 Å². The molecule has 4 nitrogen and oxygen atoms in total. The van der Waals surface area contributed by atoms with E-state index >= 15 is 0 Å². The van der Waals surface area contributed by atoms with Crippen molar-refractivity contribution in [2.24, 2.45) is 7.05 Å². The number of methoxy groups -OCH3 is 1. The van der Waals surface area contributed by atoms with Crippen molar-refractivity contribution in [2.75, 3.05) is 13.7 Å². The number of nitrogens with zero attached hydrogens (tertiary/aromatic N) is 2. The van der Waals surface area contributed by atoms with Gasteiger partial charge in [0.2, 0.25) is 0 Å². The van der Waals surface area contributed by atoms with Crippen molar-refractivity contribution in [3.05, 3.63) is 47.8 Å². The quantitative estimate of drug-likeness (QED) is 0.865. The van der Waals surface area contributed by atoms with Gasteiger partial charge >= 0.3 is 0 Å². The Morgan fingerprint density at radius 2 is 2.05 bits per heavy atom. The van der Waals surface area contributed by atoms with Crippen LogP contribution in [0.25, 0.3) is 0 Å². The summed E-state index contributed by atoms with van der Waals surface area (Å²) in [7, 11) is 3.62. The molecule has 0 bridgehead atoms. The molecule has 0 aliphatic heterocycles. The Hall–Kier alpha value is -1.81. The molecular formula is C15H21N3O. The summed E-state index contributed by atoms with van der Waals surface area (Å²) in [6.07, 6.45) is 4.96. The maximum Gasteiger partial charge on any atom is 0.118 e. The third-order valence-corrected chi connectivity index (χ3v) is 3.25. The number of hydrogen-bond acceptors (Lipinski definition) is 3. The van der Waals surface area contributed by atoms with Gasteiger partial charge in [-0.15, -0.1) is 0 Å². The number of nitrogens with one attached hydrogen (secondary N) is 1. The second-order valence-corrected chi connectivity index (χ2v) is 4.72. The van der Waals surface area contributed by atoms with Crippen LogP contribution in [0.15, 0.2) is 36.7 Å². The molecule has 4 heteroatoms. The van der Waals surface area contributed by atoms with Gasteiger partial charge in [0, 0.05) is 24.8 Å². The van der Waals surface area contributed by atoms with E-state index in [0.29, 0.717) is 6.04 Å². The molecule has 0 saturated carbocycles. The van der Waals surface area contributed by atoms with E-state index in [1.807, 2.05) is 36.3 Å². The molecule has 1 unspecified atom stereocenters. The predicted molar refractivity (Wildman–Crippen MR) is 76.3 cm³/mol. The monoisotopic (exact) mass is 259 g/mol. The Labute approximate surface area is 114 Å². The zero-order valence-corrected chi connectivity index (χ0v) is 11.8. The van der Waals surface area contributed by atoms with Crippen molar-refractivity contribution in [3.63, 3.8) is 0 Å². The molecule has 0 radical (unpaired) electrons. The van der Waals surface area contributed by atoms with Crippen LogP contribution in [0.3, 0.4) is 0 Å². The van der Waals surface area contributed by atoms with E-state index in [2.05, 4.69) is 29.5 Å². The molecular weight excluding hydrogens is 238 g/mol. The lowest BCUT2D eigenvalue weighted by atomic mass is 10.1. The van der Waals surface area contributed by atoms with E-state index in [1.54, 1.807) is 7.11 Å². The number of aromatic nitrogens is 2. The molecule has 0 spiro atoms. The summed E-state index contributed by atoms with van der Waals surface area (Å²) >= 11 is 0. The van der Waals surface area contributed by atoms with E-state index in [0.717, 1.165) is 18.7 Å². The molecule has 2 rings (SSSR count). The van der Waals surface area contributed by atoms with Crippen molar-refractivity contribution in [3.8, 4) is 5.75 Å². The molecule has 0 aliphatic rings. The summed E-state index contributed by atoms with van der Waals surface area (Å²) in [6.45, 7) is 3.10. The summed E-state index contributed by atoms with van der Waals surface area (Å²) < 4.78 is 6.98. The highest BCUT2D eigenvalue weighted by Gasteiger charge is 2.06. The van der Waals surface area contributed by atoms with E-state index in [4.69, 9.17) is 4.74 Å². The highest BCUT2D eigenvalue weighted by molar-refractivity contribution is 5.27. The molecule has 0 amide bonds. The Bertz CT molecular complexity index is 504. The molecule has 1 aromatic carbocycles. The Balaban J connectivity index is 1.79. The van der Waals surface area contributed by atoms with Gasteiger partial charge in [0.1, 0.15) is 5.75 Å². The van der Waals surface area contributed by atoms with Crippen molar-refractivity contribution in [1.29, 1.82) is 0 Å². The third kappa shape index (κ3) is 3.83. The van der Waals surface area contributed by atoms with Crippen molar-refractivity contribution in [2.45, 2.75) is 19.4 Å². The summed E-state index contributed by atoms with van der Waals surface area (Å²) in [4.78, 5) is 0. The van der Waals surface area contributed by atoms with Gasteiger partial charge in [-0.3, -0.25) is 4.68 Å². The largest absolute Gasteiger partial charge is 0.497 e. The molecule has 1 aromatic heterocycles. The Morgan fingerprint density at radius 1 is 1.32 bits per heavy atom. The topological polar surface area (TPSA) is 39.1 Å². The molecule has 1 N–H and O–H groups in total. The van der Waals surface area contributed by atoms with Crippen molar-refractivity contribution in [1.82, 2.24) is 15.1 Å². The number of ether oxygens (including phenoxy) is 1. The Morgan fingerprint density at radius 3 is 2.63 bits per heavy atom. The van der Waals surface area contributed by atoms with Crippen LogP contribution < -0.4 is 10.1 Å². The van der Waals surface area contributed by atoms with E-state index in [9.17, 15) is 0 Å². The fourth-order valence-corrected chi connectivity index (χ4v) is 2.01. The van der Waals surface area contributed by atoms with Crippen LogP contribution in [-0.4, -0.2) is 23.4 Å². The summed E-state index contributed by atoms with van der Waals surface area (Å²) in [5.41, 5.74) is 2.53. The molecule has 0 fully saturated rings. The first-order valence-corrected chi connectivity index (χ1v) is 6.54. The lowest BCUT2D eigenvalue weighted by Crippen LogP contribution is -2.21. The van der Waals surface area contributed by atoms with E-state index in [-0.39, 0.29) is 0 Å². The molecule has 19 heavy (non-hydrogen) atoms. The third-order valence-electron chi connectivity index (χ3n) is 3.25. The molecule has 102 valence electrons. The van der Waals surface area contributed by atoms with Gasteiger partial charge in [0.15, 0.2) is 0 Å². The van der Waals surface area contributed by atoms with Crippen LogP contribution in [0.2, 0.25) is 0 Å². The van der Waals surface area contributed by atoms with Crippen LogP contribution in [-0.2, 0) is 13.5 Å². The molecule has 1 atom stereocenters. The van der Waals surface area contributed by atoms with Crippen LogP contribution in [0.1, 0.15) is 24.1 Å². The number of benzene rings is 1. The number of hydrogen-bond donors (Lipinski definition) is 1. The van der Waals surface area contributed by atoms with Gasteiger partial charge in [0.05, 0.1) is 13.3 Å².